The van der Waals surface area contributed by atoms with Crippen LogP contribution in [-0.4, -0.2) is 55.7 Å². The van der Waals surface area contributed by atoms with Crippen LogP contribution in [0.1, 0.15) is 47.4 Å². The van der Waals surface area contributed by atoms with Gasteiger partial charge >= 0.3 is 11.8 Å². The van der Waals surface area contributed by atoms with Crippen LogP contribution >= 0.6 is 0 Å². The minimum Gasteiger partial charge on any atom is -0.355 e. The monoisotopic (exact) mass is 362 g/mol. The fraction of sp³-hybridized carbons (Fsp3) is 0.444. The zero-order chi connectivity index (χ0) is 19.9. The maximum Gasteiger partial charge on any atom is 0.313 e. The first kappa shape index (κ1) is 21.1. The van der Waals surface area contributed by atoms with E-state index in [1.54, 1.807) is 7.05 Å². The van der Waals surface area contributed by atoms with Crippen molar-refractivity contribution >= 4 is 29.3 Å². The molecule has 0 aromatic heterocycles. The molecule has 0 spiro atoms. The first-order valence-electron chi connectivity index (χ1n) is 8.42. The summed E-state index contributed by atoms with van der Waals surface area (Å²) in [6.07, 6.45) is 1.67. The van der Waals surface area contributed by atoms with E-state index < -0.39 is 23.6 Å². The van der Waals surface area contributed by atoms with Gasteiger partial charge in [-0.3, -0.25) is 19.2 Å². The quantitative estimate of drug-likeness (QED) is 0.656. The molecule has 0 fully saturated rings. The molecule has 142 valence electrons. The molecule has 0 bridgehead atoms. The van der Waals surface area contributed by atoms with Crippen LogP contribution in [0.4, 0.5) is 5.69 Å². The second-order valence-electron chi connectivity index (χ2n) is 5.97. The zero-order valence-electron chi connectivity index (χ0n) is 15.8. The van der Waals surface area contributed by atoms with Crippen molar-refractivity contribution in [1.29, 1.82) is 0 Å². The number of hydrogen-bond acceptors (Lipinski definition) is 4. The number of carbonyl (C=O) groups is 4. The normalized spacial score (nSPS) is 11.3. The molecule has 0 heterocycles. The highest BCUT2D eigenvalue weighted by Gasteiger charge is 2.23. The molecule has 1 atom stereocenters. The fourth-order valence-electron chi connectivity index (χ4n) is 2.41. The third-order valence-corrected chi connectivity index (χ3v) is 4.05. The smallest absolute Gasteiger partial charge is 0.313 e. The van der Waals surface area contributed by atoms with Gasteiger partial charge in [0.25, 0.3) is 11.8 Å². The molecule has 26 heavy (non-hydrogen) atoms. The number of anilines is 1. The van der Waals surface area contributed by atoms with Gasteiger partial charge in [-0.15, -0.1) is 0 Å². The average Bonchev–Trinajstić information content (AvgIpc) is 2.65. The fourth-order valence-corrected chi connectivity index (χ4v) is 2.41. The first-order valence-corrected chi connectivity index (χ1v) is 8.42. The van der Waals surface area contributed by atoms with E-state index in [2.05, 4.69) is 16.0 Å². The van der Waals surface area contributed by atoms with Crippen molar-refractivity contribution in [3.63, 3.8) is 0 Å². The summed E-state index contributed by atoms with van der Waals surface area (Å²) in [6, 6.07) is 4.15. The second kappa shape index (κ2) is 9.55. The van der Waals surface area contributed by atoms with Crippen LogP contribution in [0.3, 0.4) is 0 Å². The first-order chi connectivity index (χ1) is 12.2. The van der Waals surface area contributed by atoms with E-state index in [0.29, 0.717) is 0 Å². The van der Waals surface area contributed by atoms with Crippen LogP contribution in [0.15, 0.2) is 18.2 Å². The summed E-state index contributed by atoms with van der Waals surface area (Å²) >= 11 is 0. The van der Waals surface area contributed by atoms with Gasteiger partial charge in [0, 0.05) is 44.0 Å². The molecule has 1 unspecified atom stereocenters. The highest BCUT2D eigenvalue weighted by Crippen LogP contribution is 2.16. The molecular formula is C18H26N4O4. The van der Waals surface area contributed by atoms with Gasteiger partial charge in [0.1, 0.15) is 0 Å². The molecule has 0 aliphatic carbocycles. The van der Waals surface area contributed by atoms with Gasteiger partial charge in [0.15, 0.2) is 0 Å². The van der Waals surface area contributed by atoms with Crippen molar-refractivity contribution in [2.75, 3.05) is 26.5 Å². The van der Waals surface area contributed by atoms with E-state index >= 15 is 0 Å². The molecule has 1 aromatic rings. The molecule has 3 N–H and O–H groups in total. The van der Waals surface area contributed by atoms with Gasteiger partial charge in [0.05, 0.1) is 0 Å². The van der Waals surface area contributed by atoms with Gasteiger partial charge in [0.2, 0.25) is 0 Å². The summed E-state index contributed by atoms with van der Waals surface area (Å²) in [4.78, 5) is 49.7. The van der Waals surface area contributed by atoms with Gasteiger partial charge in [-0.05, 0) is 31.5 Å². The summed E-state index contributed by atoms with van der Waals surface area (Å²) in [6.45, 7) is 3.87. The number of carbonyl (C=O) groups excluding carboxylic acids is 4. The molecule has 1 aromatic carbocycles. The lowest BCUT2D eigenvalue weighted by Gasteiger charge is -2.24. The van der Waals surface area contributed by atoms with Crippen LogP contribution in [0.2, 0.25) is 0 Å². The highest BCUT2D eigenvalue weighted by molar-refractivity contribution is 6.39. The summed E-state index contributed by atoms with van der Waals surface area (Å²) in [7, 11) is 4.49. The third kappa shape index (κ3) is 5.30. The third-order valence-electron chi connectivity index (χ3n) is 4.05. The lowest BCUT2D eigenvalue weighted by atomic mass is 10.1. The lowest BCUT2D eigenvalue weighted by Crippen LogP contribution is -2.42. The van der Waals surface area contributed by atoms with Crippen LogP contribution in [0, 0.1) is 0 Å². The molecule has 0 aliphatic rings. The van der Waals surface area contributed by atoms with Gasteiger partial charge in [-0.25, -0.2) is 0 Å². The Morgan fingerprint density at radius 3 is 1.92 bits per heavy atom. The van der Waals surface area contributed by atoms with Gasteiger partial charge < -0.3 is 20.9 Å². The predicted octanol–water partition coefficient (Wildman–Crippen LogP) is 0.991. The molecule has 1 rings (SSSR count). The summed E-state index contributed by atoms with van der Waals surface area (Å²) < 4.78 is 0. The van der Waals surface area contributed by atoms with E-state index in [1.807, 2.05) is 13.8 Å². The summed E-state index contributed by atoms with van der Waals surface area (Å²) in [5.74, 6) is -2.33. The number of nitrogens with zero attached hydrogens (tertiary/aromatic N) is 1. The number of hydrogen-bond donors (Lipinski definition) is 3. The van der Waals surface area contributed by atoms with Crippen molar-refractivity contribution in [1.82, 2.24) is 15.5 Å². The van der Waals surface area contributed by atoms with E-state index in [9.17, 15) is 19.2 Å². The SMILES string of the molecule is CCCC(C)N(C)C(=O)C(=O)Nc1cc(C(=O)NC)cc(C(=O)NC)c1. The van der Waals surface area contributed by atoms with Crippen LogP contribution in [0.5, 0.6) is 0 Å². The molecule has 0 saturated carbocycles. The standard InChI is InChI=1S/C18H26N4O4/c1-6-7-11(2)22(5)18(26)17(25)21-14-9-12(15(23)19-3)8-13(10-14)16(24)20-4/h8-11H,6-7H2,1-5H3,(H,19,23)(H,20,24)(H,21,25). The lowest BCUT2D eigenvalue weighted by molar-refractivity contribution is -0.143. The summed E-state index contributed by atoms with van der Waals surface area (Å²) in [5, 5.41) is 7.38. The number of rotatable bonds is 6. The molecule has 0 radical (unpaired) electrons. The number of likely N-dealkylation sites (N-methyl/N-ethyl adjacent to an activating group) is 1. The molecule has 8 nitrogen and oxygen atoms in total. The Morgan fingerprint density at radius 1 is 1.00 bits per heavy atom. The molecular weight excluding hydrogens is 336 g/mol. The number of benzene rings is 1. The van der Waals surface area contributed by atoms with Crippen molar-refractivity contribution in [2.24, 2.45) is 0 Å². The van der Waals surface area contributed by atoms with Gasteiger partial charge in [-0.1, -0.05) is 13.3 Å². The van der Waals surface area contributed by atoms with Crippen LogP contribution in [-0.2, 0) is 9.59 Å². The minimum atomic E-state index is -0.827. The van der Waals surface area contributed by atoms with Crippen molar-refractivity contribution in [3.05, 3.63) is 29.3 Å². The summed E-state index contributed by atoms with van der Waals surface area (Å²) in [5.41, 5.74) is 0.590. The minimum absolute atomic E-state index is 0.0723. The van der Waals surface area contributed by atoms with E-state index in [1.165, 1.54) is 37.2 Å². The highest BCUT2D eigenvalue weighted by atomic mass is 16.2. The maximum atomic E-state index is 12.3. The zero-order valence-corrected chi connectivity index (χ0v) is 15.8. The maximum absolute atomic E-state index is 12.3. The average molecular weight is 362 g/mol. The van der Waals surface area contributed by atoms with Crippen molar-refractivity contribution in [2.45, 2.75) is 32.7 Å². The Kier molecular flexibility index (Phi) is 7.77. The largest absolute Gasteiger partial charge is 0.355 e. The van der Waals surface area contributed by atoms with E-state index in [-0.39, 0.29) is 22.9 Å². The topological polar surface area (TPSA) is 108 Å². The number of nitrogens with one attached hydrogen (secondary N) is 3. The van der Waals surface area contributed by atoms with E-state index in [4.69, 9.17) is 0 Å². The molecule has 0 saturated heterocycles. The van der Waals surface area contributed by atoms with E-state index in [0.717, 1.165) is 12.8 Å². The molecule has 4 amide bonds. The van der Waals surface area contributed by atoms with Crippen molar-refractivity contribution < 1.29 is 19.2 Å². The van der Waals surface area contributed by atoms with Crippen molar-refractivity contribution in [3.8, 4) is 0 Å². The van der Waals surface area contributed by atoms with Gasteiger partial charge in [-0.2, -0.15) is 0 Å². The molecule has 0 aliphatic heterocycles. The Labute approximate surface area is 153 Å². The van der Waals surface area contributed by atoms with Crippen LogP contribution in [0.25, 0.3) is 0 Å². The molecule has 8 heteroatoms. The second-order valence-corrected chi connectivity index (χ2v) is 5.97. The Hall–Kier alpha value is -2.90. The Bertz CT molecular complexity index is 668. The predicted molar refractivity (Wildman–Crippen MR) is 99.0 cm³/mol. The number of amides is 4. The van der Waals surface area contributed by atoms with Crippen LogP contribution < -0.4 is 16.0 Å². The Morgan fingerprint density at radius 2 is 1.50 bits per heavy atom. The Balaban J connectivity index is 3.07.